The average Bonchev–Trinajstić information content (AvgIpc) is 2.63. The molecule has 2 aromatic rings. The zero-order chi connectivity index (χ0) is 17.1. The maximum atomic E-state index is 9.14. The number of fused-ring (bicyclic) bond motifs is 2. The lowest BCUT2D eigenvalue weighted by atomic mass is 9.82. The van der Waals surface area contributed by atoms with E-state index in [0.29, 0.717) is 45.2 Å². The van der Waals surface area contributed by atoms with E-state index < -0.39 is 0 Å². The van der Waals surface area contributed by atoms with Crippen LogP contribution in [0.1, 0.15) is 22.3 Å². The fourth-order valence-corrected chi connectivity index (χ4v) is 2.87. The Morgan fingerprint density at radius 1 is 0.750 bits per heavy atom. The van der Waals surface area contributed by atoms with Crippen LogP contribution in [0.3, 0.4) is 0 Å². The van der Waals surface area contributed by atoms with E-state index in [9.17, 15) is 0 Å². The van der Waals surface area contributed by atoms with E-state index in [1.807, 2.05) is 36.7 Å². The van der Waals surface area contributed by atoms with Gasteiger partial charge in [-0.1, -0.05) is 24.3 Å². The van der Waals surface area contributed by atoms with Gasteiger partial charge in [0, 0.05) is 11.1 Å². The van der Waals surface area contributed by atoms with E-state index in [2.05, 4.69) is 9.98 Å². The minimum absolute atomic E-state index is 0.468. The number of benzene rings is 2. The molecule has 2 aromatic carbocycles. The number of hydrogen-bond donors (Lipinski definition) is 0. The van der Waals surface area contributed by atoms with Gasteiger partial charge in [-0.2, -0.15) is 20.5 Å². The van der Waals surface area contributed by atoms with Crippen LogP contribution in [0.15, 0.2) is 46.4 Å². The van der Waals surface area contributed by atoms with Gasteiger partial charge < -0.3 is 9.47 Å². The fraction of sp³-hybridized carbons (Fsp3) is 0.111. The molecule has 1 aliphatic rings. The van der Waals surface area contributed by atoms with Crippen molar-refractivity contribution in [3.8, 4) is 23.9 Å². The van der Waals surface area contributed by atoms with Crippen molar-refractivity contribution in [1.82, 2.24) is 0 Å². The molecular weight excluding hydrogens is 304 g/mol. The van der Waals surface area contributed by atoms with Gasteiger partial charge in [0.2, 0.25) is 12.4 Å². The van der Waals surface area contributed by atoms with Crippen molar-refractivity contribution in [2.24, 2.45) is 9.98 Å². The number of ether oxygens (including phenoxy) is 2. The summed E-state index contributed by atoms with van der Waals surface area (Å²) in [7, 11) is 3.07. The number of aliphatic imine (C=N–C) groups is 2. The molecule has 0 aromatic heterocycles. The van der Waals surface area contributed by atoms with Gasteiger partial charge in [-0.25, -0.2) is 0 Å². The second-order valence-electron chi connectivity index (χ2n) is 4.89. The van der Waals surface area contributed by atoms with Gasteiger partial charge >= 0.3 is 0 Å². The van der Waals surface area contributed by atoms with Crippen molar-refractivity contribution in [1.29, 1.82) is 10.5 Å². The monoisotopic (exact) mass is 316 g/mol. The summed E-state index contributed by atoms with van der Waals surface area (Å²) in [5.41, 5.74) is 3.54. The van der Waals surface area contributed by atoms with Gasteiger partial charge in [0.05, 0.1) is 36.8 Å². The molecule has 6 nitrogen and oxygen atoms in total. The highest BCUT2D eigenvalue weighted by molar-refractivity contribution is 6.33. The van der Waals surface area contributed by atoms with Gasteiger partial charge in [-0.15, -0.1) is 0 Å². The molecule has 0 unspecified atom stereocenters. The summed E-state index contributed by atoms with van der Waals surface area (Å²) in [6, 6.07) is 10.8. The third kappa shape index (κ3) is 2.18. The Bertz CT molecular complexity index is 884. The van der Waals surface area contributed by atoms with Gasteiger partial charge in [0.15, 0.2) is 0 Å². The van der Waals surface area contributed by atoms with Crippen LogP contribution in [-0.4, -0.2) is 25.6 Å². The standard InChI is InChI=1S/C18H12N4O2/c1-23-13-7-8-14(24-2)16-15(13)17(21-9-19)11-5-3-4-6-12(11)18(16)22-10-20/h3-8H,1-2H3. The number of nitrogens with zero attached hydrogens (tertiary/aromatic N) is 4. The number of nitriles is 2. The predicted molar refractivity (Wildman–Crippen MR) is 88.5 cm³/mol. The SMILES string of the molecule is COc1ccc(OC)c2c1C(=NC#N)c1ccccc1C2=NC#N. The predicted octanol–water partition coefficient (Wildman–Crippen LogP) is 2.65. The summed E-state index contributed by atoms with van der Waals surface area (Å²) >= 11 is 0. The van der Waals surface area contributed by atoms with Crippen LogP contribution in [0.5, 0.6) is 11.5 Å². The maximum absolute atomic E-state index is 9.14. The zero-order valence-electron chi connectivity index (χ0n) is 13.1. The zero-order valence-corrected chi connectivity index (χ0v) is 13.1. The van der Waals surface area contributed by atoms with Gasteiger partial charge in [-0.05, 0) is 12.1 Å². The Labute approximate surface area is 138 Å². The Morgan fingerprint density at radius 2 is 1.17 bits per heavy atom. The molecule has 0 bridgehead atoms. The first-order valence-corrected chi connectivity index (χ1v) is 7.05. The summed E-state index contributed by atoms with van der Waals surface area (Å²) in [6.45, 7) is 0. The van der Waals surface area contributed by atoms with Crippen molar-refractivity contribution in [2.75, 3.05) is 14.2 Å². The van der Waals surface area contributed by atoms with Crippen molar-refractivity contribution in [3.05, 3.63) is 58.7 Å². The third-order valence-corrected chi connectivity index (χ3v) is 3.80. The molecule has 0 spiro atoms. The fourth-order valence-electron chi connectivity index (χ4n) is 2.87. The number of methoxy groups -OCH3 is 2. The molecule has 6 heteroatoms. The van der Waals surface area contributed by atoms with Crippen LogP contribution in [0.2, 0.25) is 0 Å². The summed E-state index contributed by atoms with van der Waals surface area (Å²) in [6.07, 6.45) is 3.68. The normalized spacial score (nSPS) is 15.2. The van der Waals surface area contributed by atoms with Crippen LogP contribution >= 0.6 is 0 Å². The summed E-state index contributed by atoms with van der Waals surface area (Å²) in [5.74, 6) is 1.06. The quantitative estimate of drug-likeness (QED) is 0.680. The molecule has 0 amide bonds. The van der Waals surface area contributed by atoms with E-state index in [-0.39, 0.29) is 0 Å². The second kappa shape index (κ2) is 6.23. The van der Waals surface area contributed by atoms with E-state index >= 15 is 0 Å². The largest absolute Gasteiger partial charge is 0.496 e. The molecule has 116 valence electrons. The molecule has 0 atom stereocenters. The van der Waals surface area contributed by atoms with Crippen LogP contribution in [0, 0.1) is 22.9 Å². The number of hydrogen-bond acceptors (Lipinski definition) is 6. The molecule has 1 aliphatic carbocycles. The Morgan fingerprint density at radius 3 is 1.50 bits per heavy atom. The summed E-state index contributed by atoms with van der Waals surface area (Å²) in [4.78, 5) is 7.99. The molecule has 0 radical (unpaired) electrons. The Hall–Kier alpha value is -3.64. The lowest BCUT2D eigenvalue weighted by Gasteiger charge is -2.25. The lowest BCUT2D eigenvalue weighted by Crippen LogP contribution is -2.23. The van der Waals surface area contributed by atoms with Gasteiger partial charge in [0.25, 0.3) is 0 Å². The first kappa shape index (κ1) is 15.3. The smallest absolute Gasteiger partial charge is 0.206 e. The highest BCUT2D eigenvalue weighted by atomic mass is 16.5. The average molecular weight is 316 g/mol. The van der Waals surface area contributed by atoms with Gasteiger partial charge in [-0.3, -0.25) is 0 Å². The van der Waals surface area contributed by atoms with Gasteiger partial charge in [0.1, 0.15) is 11.5 Å². The number of rotatable bonds is 2. The highest BCUT2D eigenvalue weighted by Crippen LogP contribution is 2.39. The molecule has 0 saturated heterocycles. The van der Waals surface area contributed by atoms with Crippen LogP contribution < -0.4 is 9.47 Å². The van der Waals surface area contributed by atoms with Crippen molar-refractivity contribution < 1.29 is 9.47 Å². The van der Waals surface area contributed by atoms with Crippen LogP contribution in [0.4, 0.5) is 0 Å². The Balaban J connectivity index is 2.51. The summed E-state index contributed by atoms with van der Waals surface area (Å²) < 4.78 is 10.9. The molecule has 0 heterocycles. The van der Waals surface area contributed by atoms with Crippen molar-refractivity contribution >= 4 is 11.4 Å². The molecule has 3 rings (SSSR count). The molecule has 0 N–H and O–H groups in total. The van der Waals surface area contributed by atoms with E-state index in [4.69, 9.17) is 20.0 Å². The van der Waals surface area contributed by atoms with E-state index in [0.717, 1.165) is 0 Å². The maximum Gasteiger partial charge on any atom is 0.206 e. The highest BCUT2D eigenvalue weighted by Gasteiger charge is 2.32. The lowest BCUT2D eigenvalue weighted by molar-refractivity contribution is 0.401. The molecule has 0 fully saturated rings. The molecule has 24 heavy (non-hydrogen) atoms. The van der Waals surface area contributed by atoms with E-state index in [1.54, 1.807) is 12.1 Å². The minimum atomic E-state index is 0.468. The Kier molecular flexibility index (Phi) is 3.96. The summed E-state index contributed by atoms with van der Waals surface area (Å²) in [5, 5.41) is 18.3. The minimum Gasteiger partial charge on any atom is -0.496 e. The van der Waals surface area contributed by atoms with E-state index in [1.165, 1.54) is 14.2 Å². The first-order valence-electron chi connectivity index (χ1n) is 7.05. The topological polar surface area (TPSA) is 90.8 Å². The van der Waals surface area contributed by atoms with Crippen LogP contribution in [-0.2, 0) is 0 Å². The van der Waals surface area contributed by atoms with Crippen molar-refractivity contribution in [2.45, 2.75) is 0 Å². The molecule has 0 aliphatic heterocycles. The first-order chi connectivity index (χ1) is 11.8. The molecular formula is C18H12N4O2. The molecule has 0 saturated carbocycles. The second-order valence-corrected chi connectivity index (χ2v) is 4.89. The van der Waals surface area contributed by atoms with Crippen molar-refractivity contribution in [3.63, 3.8) is 0 Å². The van der Waals surface area contributed by atoms with Crippen LogP contribution in [0.25, 0.3) is 0 Å². The third-order valence-electron chi connectivity index (χ3n) is 3.80.